The van der Waals surface area contributed by atoms with Crippen LogP contribution in [0.2, 0.25) is 0 Å². The Kier molecular flexibility index (Phi) is 2.64. The lowest BCUT2D eigenvalue weighted by Crippen LogP contribution is -1.90. The van der Waals surface area contributed by atoms with Crippen molar-refractivity contribution in [2.75, 3.05) is 0 Å². The lowest BCUT2D eigenvalue weighted by Gasteiger charge is -1.97. The normalized spacial score (nSPS) is 13.5. The first-order valence-corrected chi connectivity index (χ1v) is 4.31. The molecule has 0 aromatic carbocycles. The second-order valence-corrected chi connectivity index (χ2v) is 3.18. The largest absolute Gasteiger partial charge is 0.338 e. The molecule has 1 aromatic heterocycles. The molecular formula is C6H9IN2O. The van der Waals surface area contributed by atoms with Gasteiger partial charge >= 0.3 is 0 Å². The van der Waals surface area contributed by atoms with Crippen LogP contribution in [0.15, 0.2) is 4.52 Å². The van der Waals surface area contributed by atoms with Crippen molar-refractivity contribution < 1.29 is 4.52 Å². The zero-order valence-corrected chi connectivity index (χ0v) is 8.12. The van der Waals surface area contributed by atoms with E-state index in [4.69, 9.17) is 4.52 Å². The average molecular weight is 252 g/mol. The Morgan fingerprint density at radius 1 is 1.70 bits per heavy atom. The van der Waals surface area contributed by atoms with Crippen LogP contribution in [-0.4, -0.2) is 10.1 Å². The van der Waals surface area contributed by atoms with Crippen molar-refractivity contribution >= 4 is 22.6 Å². The zero-order chi connectivity index (χ0) is 7.56. The molecular weight excluding hydrogens is 243 g/mol. The maximum Gasteiger partial charge on any atom is 0.232 e. The van der Waals surface area contributed by atoms with Gasteiger partial charge in [0.15, 0.2) is 0 Å². The van der Waals surface area contributed by atoms with Crippen molar-refractivity contribution in [3.05, 3.63) is 9.72 Å². The number of nitrogens with zero attached hydrogens (tertiary/aromatic N) is 2. The third-order valence-corrected chi connectivity index (χ3v) is 1.89. The Morgan fingerprint density at radius 2 is 2.40 bits per heavy atom. The van der Waals surface area contributed by atoms with Crippen LogP contribution in [-0.2, 0) is 0 Å². The van der Waals surface area contributed by atoms with Crippen LogP contribution in [0.1, 0.15) is 32.1 Å². The second-order valence-electron chi connectivity index (χ2n) is 2.21. The Labute approximate surface area is 73.3 Å². The third-order valence-electron chi connectivity index (χ3n) is 1.45. The molecule has 0 fully saturated rings. The van der Waals surface area contributed by atoms with E-state index in [1.165, 1.54) is 0 Å². The van der Waals surface area contributed by atoms with Gasteiger partial charge in [0.25, 0.3) is 0 Å². The first kappa shape index (κ1) is 7.97. The van der Waals surface area contributed by atoms with Gasteiger partial charge in [-0.25, -0.2) is 0 Å². The molecule has 1 rings (SSSR count). The van der Waals surface area contributed by atoms with Crippen LogP contribution < -0.4 is 0 Å². The van der Waals surface area contributed by atoms with Crippen molar-refractivity contribution in [3.63, 3.8) is 0 Å². The highest BCUT2D eigenvalue weighted by Crippen LogP contribution is 2.15. The first-order valence-electron chi connectivity index (χ1n) is 3.23. The molecule has 1 heterocycles. The number of halogens is 1. The van der Waals surface area contributed by atoms with E-state index in [1.54, 1.807) is 0 Å². The summed E-state index contributed by atoms with van der Waals surface area (Å²) >= 11 is 2.03. The van der Waals surface area contributed by atoms with Gasteiger partial charge in [-0.2, -0.15) is 4.98 Å². The number of aromatic nitrogens is 2. The molecule has 0 saturated heterocycles. The predicted molar refractivity (Wildman–Crippen MR) is 45.7 cm³/mol. The second kappa shape index (κ2) is 3.32. The van der Waals surface area contributed by atoms with Gasteiger partial charge in [0.1, 0.15) is 0 Å². The third kappa shape index (κ3) is 1.68. The van der Waals surface area contributed by atoms with E-state index in [0.29, 0.717) is 9.75 Å². The fourth-order valence-corrected chi connectivity index (χ4v) is 0.927. The maximum absolute atomic E-state index is 4.95. The Hall–Kier alpha value is -0.130. The minimum absolute atomic E-state index is 0.385. The van der Waals surface area contributed by atoms with E-state index >= 15 is 0 Å². The van der Waals surface area contributed by atoms with Crippen molar-refractivity contribution in [1.82, 2.24) is 10.1 Å². The Bertz CT molecular complexity index is 211. The van der Waals surface area contributed by atoms with Crippen LogP contribution >= 0.6 is 22.6 Å². The molecule has 0 amide bonds. The minimum atomic E-state index is 0.385. The molecule has 0 aliphatic heterocycles. The van der Waals surface area contributed by atoms with Gasteiger partial charge in [-0.1, -0.05) is 19.0 Å². The smallest absolute Gasteiger partial charge is 0.232 e. The Morgan fingerprint density at radius 3 is 2.80 bits per heavy atom. The molecule has 56 valence electrons. The van der Waals surface area contributed by atoms with E-state index in [0.717, 1.165) is 12.3 Å². The average Bonchev–Trinajstić information content (AvgIpc) is 2.34. The lowest BCUT2D eigenvalue weighted by atomic mass is 10.1. The summed E-state index contributed by atoms with van der Waals surface area (Å²) < 4.78 is 5.64. The first-order chi connectivity index (χ1) is 4.74. The summed E-state index contributed by atoms with van der Waals surface area (Å²) in [5.41, 5.74) is 0. The van der Waals surface area contributed by atoms with Gasteiger partial charge in [0.05, 0.1) is 0 Å². The molecule has 0 aliphatic rings. The summed E-state index contributed by atoms with van der Waals surface area (Å²) in [6.07, 6.45) is 1.04. The standard InChI is InChI=1S/C6H9IN2O/c1-3-4(2)5-8-6(7)9-10-5/h4H,3H2,1-2H3. The molecule has 0 spiro atoms. The monoisotopic (exact) mass is 252 g/mol. The lowest BCUT2D eigenvalue weighted by molar-refractivity contribution is 0.354. The molecule has 4 heteroatoms. The molecule has 10 heavy (non-hydrogen) atoms. The van der Waals surface area contributed by atoms with Crippen molar-refractivity contribution in [3.8, 4) is 0 Å². The summed E-state index contributed by atoms with van der Waals surface area (Å²) in [6.45, 7) is 4.17. The highest BCUT2D eigenvalue weighted by atomic mass is 127. The van der Waals surface area contributed by atoms with Crippen LogP contribution in [0.25, 0.3) is 0 Å². The molecule has 0 aliphatic carbocycles. The maximum atomic E-state index is 4.95. The summed E-state index contributed by atoms with van der Waals surface area (Å²) in [5, 5.41) is 3.69. The van der Waals surface area contributed by atoms with Gasteiger partial charge in [0, 0.05) is 28.5 Å². The predicted octanol–water partition coefficient (Wildman–Crippen LogP) is 2.19. The van der Waals surface area contributed by atoms with Crippen molar-refractivity contribution in [2.24, 2.45) is 0 Å². The van der Waals surface area contributed by atoms with E-state index in [9.17, 15) is 0 Å². The fourth-order valence-electron chi connectivity index (χ4n) is 0.591. The summed E-state index contributed by atoms with van der Waals surface area (Å²) in [5.74, 6) is 1.13. The topological polar surface area (TPSA) is 38.9 Å². The van der Waals surface area contributed by atoms with Gasteiger partial charge in [-0.3, -0.25) is 0 Å². The Balaban J connectivity index is 2.74. The number of rotatable bonds is 2. The van der Waals surface area contributed by atoms with Gasteiger partial charge in [-0.05, 0) is 6.42 Å². The van der Waals surface area contributed by atoms with E-state index in [2.05, 4.69) is 24.0 Å². The molecule has 0 radical (unpaired) electrons. The number of hydrogen-bond acceptors (Lipinski definition) is 3. The van der Waals surface area contributed by atoms with Crippen LogP contribution in [0.3, 0.4) is 0 Å². The summed E-state index contributed by atoms with van der Waals surface area (Å²) in [4.78, 5) is 4.09. The van der Waals surface area contributed by atoms with Crippen LogP contribution in [0, 0.1) is 3.83 Å². The molecule has 1 aromatic rings. The van der Waals surface area contributed by atoms with E-state index in [-0.39, 0.29) is 0 Å². The SMILES string of the molecule is CCC(C)c1nc(I)no1. The van der Waals surface area contributed by atoms with Crippen molar-refractivity contribution in [2.45, 2.75) is 26.2 Å². The van der Waals surface area contributed by atoms with Crippen LogP contribution in [0.5, 0.6) is 0 Å². The molecule has 0 saturated carbocycles. The zero-order valence-electron chi connectivity index (χ0n) is 5.97. The van der Waals surface area contributed by atoms with Crippen molar-refractivity contribution in [1.29, 1.82) is 0 Å². The van der Waals surface area contributed by atoms with E-state index in [1.807, 2.05) is 22.6 Å². The number of hydrogen-bond donors (Lipinski definition) is 0. The van der Waals surface area contributed by atoms with Gasteiger partial charge in [0.2, 0.25) is 9.72 Å². The molecule has 1 atom stereocenters. The highest BCUT2D eigenvalue weighted by Gasteiger charge is 2.09. The summed E-state index contributed by atoms with van der Waals surface area (Å²) in [7, 11) is 0. The minimum Gasteiger partial charge on any atom is -0.338 e. The highest BCUT2D eigenvalue weighted by molar-refractivity contribution is 14.1. The van der Waals surface area contributed by atoms with E-state index < -0.39 is 0 Å². The molecule has 1 unspecified atom stereocenters. The molecule has 0 bridgehead atoms. The van der Waals surface area contributed by atoms with Gasteiger partial charge < -0.3 is 4.52 Å². The molecule has 3 nitrogen and oxygen atoms in total. The summed E-state index contributed by atoms with van der Waals surface area (Å²) in [6, 6.07) is 0. The molecule has 0 N–H and O–H groups in total. The quantitative estimate of drug-likeness (QED) is 0.757. The fraction of sp³-hybridized carbons (Fsp3) is 0.667. The van der Waals surface area contributed by atoms with Gasteiger partial charge in [-0.15, -0.1) is 0 Å². The van der Waals surface area contributed by atoms with Crippen LogP contribution in [0.4, 0.5) is 0 Å².